The van der Waals surface area contributed by atoms with E-state index >= 15 is 0 Å². The van der Waals surface area contributed by atoms with Crippen molar-refractivity contribution >= 4 is 132 Å². The topological polar surface area (TPSA) is 59.0 Å². The molecule has 118 heavy (non-hydrogen) atoms. The summed E-state index contributed by atoms with van der Waals surface area (Å²) in [7, 11) is 0. The molecule has 0 saturated carbocycles. The van der Waals surface area contributed by atoms with Crippen molar-refractivity contribution < 1.29 is 17.7 Å². The first-order chi connectivity index (χ1) is 57.9. The van der Waals surface area contributed by atoms with Crippen LogP contribution in [0.2, 0.25) is 0 Å². The largest absolute Gasteiger partial charge is 0.456 e. The van der Waals surface area contributed by atoms with E-state index in [2.05, 4.69) is 389 Å². The molecule has 22 aromatic rings. The summed E-state index contributed by atoms with van der Waals surface area (Å²) in [6.45, 7) is 9.43. The lowest BCUT2D eigenvalue weighted by molar-refractivity contribution is 0.631. The maximum atomic E-state index is 7.30. The molecular formula is C112H74N2O4. The number of hydrogen-bond acceptors (Lipinski definition) is 6. The number of para-hydroxylation sites is 2. The predicted molar refractivity (Wildman–Crippen MR) is 490 cm³/mol. The van der Waals surface area contributed by atoms with E-state index in [1.165, 1.54) is 66.1 Å². The minimum Gasteiger partial charge on any atom is -0.456 e. The van der Waals surface area contributed by atoms with Crippen LogP contribution in [0.15, 0.2) is 394 Å². The molecule has 2 aliphatic rings. The molecule has 556 valence electrons. The second-order valence-electron chi connectivity index (χ2n) is 33.1. The van der Waals surface area contributed by atoms with Crippen molar-refractivity contribution in [2.45, 2.75) is 38.5 Å². The molecule has 24 rings (SSSR count). The summed E-state index contributed by atoms with van der Waals surface area (Å²) in [6.07, 6.45) is 0. The van der Waals surface area contributed by atoms with Crippen molar-refractivity contribution in [1.29, 1.82) is 0 Å². The number of hydrogen-bond donors (Lipinski definition) is 0. The van der Waals surface area contributed by atoms with Crippen molar-refractivity contribution in [3.05, 3.63) is 398 Å². The molecule has 6 heteroatoms. The molecule has 0 fully saturated rings. The Kier molecular flexibility index (Phi) is 14.7. The number of rotatable bonds is 12. The van der Waals surface area contributed by atoms with Gasteiger partial charge in [-0.05, 0) is 291 Å². The van der Waals surface area contributed by atoms with Crippen LogP contribution in [-0.2, 0) is 10.8 Å². The van der Waals surface area contributed by atoms with E-state index in [1.54, 1.807) is 0 Å². The van der Waals surface area contributed by atoms with Gasteiger partial charge in [0, 0.05) is 99.9 Å². The summed E-state index contributed by atoms with van der Waals surface area (Å²) in [5, 5.41) is 15.7. The van der Waals surface area contributed by atoms with Crippen LogP contribution < -0.4 is 9.80 Å². The predicted octanol–water partition coefficient (Wildman–Crippen LogP) is 32.0. The lowest BCUT2D eigenvalue weighted by Crippen LogP contribution is -2.14. The van der Waals surface area contributed by atoms with E-state index < -0.39 is 0 Å². The van der Waals surface area contributed by atoms with E-state index in [9.17, 15) is 0 Å². The van der Waals surface area contributed by atoms with Crippen LogP contribution in [-0.4, -0.2) is 0 Å². The zero-order valence-corrected chi connectivity index (χ0v) is 65.3. The maximum absolute atomic E-state index is 7.30. The fraction of sp³-hybridized carbons (Fsp3) is 0.0536. The van der Waals surface area contributed by atoms with Crippen molar-refractivity contribution in [3.63, 3.8) is 0 Å². The maximum Gasteiger partial charge on any atom is 0.143 e. The number of furan rings is 4. The molecule has 4 heterocycles. The normalized spacial score (nSPS) is 13.2. The zero-order chi connectivity index (χ0) is 78.2. The van der Waals surface area contributed by atoms with Gasteiger partial charge < -0.3 is 27.5 Å². The first kappa shape index (κ1) is 67.5. The smallest absolute Gasteiger partial charge is 0.143 e. The highest BCUT2D eigenvalue weighted by atomic mass is 16.3. The lowest BCUT2D eigenvalue weighted by Gasteiger charge is -2.27. The average Bonchev–Trinajstić information content (AvgIpc) is 1.46. The Balaban J connectivity index is 0.620. The van der Waals surface area contributed by atoms with Crippen LogP contribution in [0.1, 0.15) is 49.9 Å². The van der Waals surface area contributed by atoms with E-state index in [1.807, 2.05) is 24.3 Å². The van der Waals surface area contributed by atoms with Gasteiger partial charge in [-0.25, -0.2) is 0 Å². The van der Waals surface area contributed by atoms with E-state index in [4.69, 9.17) is 17.7 Å². The van der Waals surface area contributed by atoms with Gasteiger partial charge in [-0.1, -0.05) is 222 Å². The Labute approximate surface area is 681 Å². The molecule has 0 radical (unpaired) electrons. The molecule has 18 aromatic carbocycles. The highest BCUT2D eigenvalue weighted by molar-refractivity contribution is 6.25. The molecule has 6 nitrogen and oxygen atoms in total. The molecule has 0 amide bonds. The highest BCUT2D eigenvalue weighted by Gasteiger charge is 2.38. The van der Waals surface area contributed by atoms with Crippen LogP contribution in [0, 0.1) is 0 Å². The minimum absolute atomic E-state index is 0.144. The van der Waals surface area contributed by atoms with Gasteiger partial charge in [0.25, 0.3) is 0 Å². The Bertz CT molecular complexity index is 7390. The van der Waals surface area contributed by atoms with Crippen LogP contribution in [0.25, 0.3) is 188 Å². The molecule has 0 spiro atoms. The summed E-state index contributed by atoms with van der Waals surface area (Å²) < 4.78 is 27.4. The second kappa shape index (κ2) is 25.8. The number of fused-ring (bicyclic) bond motifs is 17. The molecular weight excluding hydrogens is 1440 g/mol. The Hall–Kier alpha value is -15.0. The van der Waals surface area contributed by atoms with Gasteiger partial charge in [-0.3, -0.25) is 0 Å². The van der Waals surface area contributed by atoms with Crippen LogP contribution in [0.5, 0.6) is 0 Å². The van der Waals surface area contributed by atoms with Gasteiger partial charge in [-0.15, -0.1) is 0 Å². The van der Waals surface area contributed by atoms with E-state index in [-0.39, 0.29) is 10.8 Å². The Morgan fingerprint density at radius 3 is 0.958 bits per heavy atom. The van der Waals surface area contributed by atoms with Crippen LogP contribution in [0.3, 0.4) is 0 Å². The molecule has 0 N–H and O–H groups in total. The van der Waals surface area contributed by atoms with Crippen LogP contribution in [0.4, 0.5) is 34.1 Å². The number of benzene rings is 18. The molecule has 2 aliphatic carbocycles. The molecule has 0 aliphatic heterocycles. The Morgan fingerprint density at radius 2 is 0.542 bits per heavy atom. The highest BCUT2D eigenvalue weighted by Crippen LogP contribution is 2.55. The minimum atomic E-state index is -0.144. The molecule has 0 bridgehead atoms. The van der Waals surface area contributed by atoms with E-state index in [0.717, 1.165) is 178 Å². The lowest BCUT2D eigenvalue weighted by atomic mass is 9.82. The average molecular weight is 1510 g/mol. The van der Waals surface area contributed by atoms with Crippen LogP contribution >= 0.6 is 0 Å². The van der Waals surface area contributed by atoms with Gasteiger partial charge in [0.15, 0.2) is 0 Å². The number of nitrogens with zero attached hydrogens (tertiary/aromatic N) is 2. The first-order valence-corrected chi connectivity index (χ1v) is 40.7. The monoisotopic (exact) mass is 1510 g/mol. The van der Waals surface area contributed by atoms with Gasteiger partial charge in [0.05, 0.1) is 0 Å². The van der Waals surface area contributed by atoms with Gasteiger partial charge in [0.1, 0.15) is 45.4 Å². The SMILES string of the molecule is CC1(C)c2ccccc2-c2cc3ccc(N(c4ccc(-c5oc6ccc7c(ccc8oc(-c9ccc(N(c%10ccc%11cc(-c%12cc%13ccccc%13o%12)ccc%11c%10)c%10ccc%11cc%12c(cc%11c%10)C(C)(C)c%10ccccc%10-%12)cc9)c(-c9ccccc9)c87)c6c5-c5ccccc5)cc4)c4ccc5cc(-c6cc7ccccc7o6)ccc5c4)cc3cc21. The van der Waals surface area contributed by atoms with E-state index in [0.29, 0.717) is 0 Å². The van der Waals surface area contributed by atoms with Crippen molar-refractivity contribution in [2.24, 2.45) is 0 Å². The standard InChI is InChI=1S/C112H74N2O4/c1-111(2)95-27-15-13-25-89(95)93-61-75-41-49-87(59-81(75)63-97(93)111)113(85-47-39-71-55-79(33-31-73(71)57-85)103-65-77-23-11-17-29-99(77)115-103)83-43-35-69(36-44-83)109-105(67-19-7-5-8-20-67)107-91-52-54-102-108(92(91)51-53-101(107)117-109)106(68-21-9-6-10-22-68)110(118-102)70-37-45-84(46-38-70)114(86-48-40-72-56-80(34-32-74(72)58-86)104-66-78-24-12-18-30-100(78)116-104)88-50-42-76-62-94-90-26-14-16-28-96(90)112(3,4)98(94)64-82(76)60-88/h5-66H,1-4H3. The van der Waals surface area contributed by atoms with Crippen molar-refractivity contribution in [3.8, 4) is 89.8 Å². The zero-order valence-electron chi connectivity index (χ0n) is 65.3. The summed E-state index contributed by atoms with van der Waals surface area (Å²) in [6, 6.07) is 137. The summed E-state index contributed by atoms with van der Waals surface area (Å²) in [5.74, 6) is 3.30. The quantitative estimate of drug-likeness (QED) is 0.121. The van der Waals surface area contributed by atoms with Gasteiger partial charge in [-0.2, -0.15) is 0 Å². The van der Waals surface area contributed by atoms with Crippen molar-refractivity contribution in [2.75, 3.05) is 9.80 Å². The molecule has 0 unspecified atom stereocenters. The third kappa shape index (κ3) is 10.6. The molecule has 0 atom stereocenters. The fourth-order valence-electron chi connectivity index (χ4n) is 19.6. The summed E-state index contributed by atoms with van der Waals surface area (Å²) in [5.41, 5.74) is 28.2. The number of anilines is 6. The van der Waals surface area contributed by atoms with Gasteiger partial charge in [0.2, 0.25) is 0 Å². The molecule has 0 saturated heterocycles. The summed E-state index contributed by atoms with van der Waals surface area (Å²) >= 11 is 0. The second-order valence-corrected chi connectivity index (χ2v) is 33.1. The summed E-state index contributed by atoms with van der Waals surface area (Å²) in [4.78, 5) is 4.79. The Morgan fingerprint density at radius 1 is 0.203 bits per heavy atom. The third-order valence-corrected chi connectivity index (χ3v) is 25.6. The fourth-order valence-corrected chi connectivity index (χ4v) is 19.6. The first-order valence-electron chi connectivity index (χ1n) is 40.7. The van der Waals surface area contributed by atoms with Crippen molar-refractivity contribution in [1.82, 2.24) is 0 Å². The third-order valence-electron chi connectivity index (χ3n) is 25.6. The molecule has 4 aromatic heterocycles. The van der Waals surface area contributed by atoms with Gasteiger partial charge >= 0.3 is 0 Å².